The highest BCUT2D eigenvalue weighted by atomic mass is 35.5. The predicted octanol–water partition coefficient (Wildman–Crippen LogP) is 4.42. The highest BCUT2D eigenvalue weighted by Crippen LogP contribution is 2.36. The molecule has 0 unspecified atom stereocenters. The number of ether oxygens (including phenoxy) is 2. The van der Waals surface area contributed by atoms with Crippen molar-refractivity contribution in [3.63, 3.8) is 0 Å². The Morgan fingerprint density at radius 2 is 2.10 bits per heavy atom. The molecule has 8 heteroatoms. The molecule has 29 heavy (non-hydrogen) atoms. The van der Waals surface area contributed by atoms with Gasteiger partial charge in [0.15, 0.2) is 11.5 Å². The summed E-state index contributed by atoms with van der Waals surface area (Å²) in [5, 5.41) is 3.96. The van der Waals surface area contributed by atoms with Gasteiger partial charge in [-0.25, -0.2) is 14.4 Å². The van der Waals surface area contributed by atoms with Crippen molar-refractivity contribution in [2.45, 2.75) is 6.10 Å². The molecule has 1 aromatic heterocycles. The van der Waals surface area contributed by atoms with Crippen molar-refractivity contribution >= 4 is 34.0 Å². The number of aromatic nitrogens is 2. The van der Waals surface area contributed by atoms with Crippen LogP contribution in [0.1, 0.15) is 0 Å². The van der Waals surface area contributed by atoms with Gasteiger partial charge in [0.2, 0.25) is 0 Å². The second-order valence-corrected chi connectivity index (χ2v) is 7.15. The van der Waals surface area contributed by atoms with Crippen molar-refractivity contribution in [2.75, 3.05) is 32.1 Å². The Hall–Kier alpha value is -2.90. The molecule has 0 atom stereocenters. The number of methoxy groups -OCH3 is 1. The number of likely N-dealkylation sites (tertiary alicyclic amines) is 1. The van der Waals surface area contributed by atoms with E-state index in [1.807, 2.05) is 18.2 Å². The van der Waals surface area contributed by atoms with E-state index in [9.17, 15) is 4.39 Å². The summed E-state index contributed by atoms with van der Waals surface area (Å²) in [5.41, 5.74) is 1.32. The highest BCUT2D eigenvalue weighted by molar-refractivity contribution is 6.31. The maximum Gasteiger partial charge on any atom is 0.162 e. The summed E-state index contributed by atoms with van der Waals surface area (Å²) in [5.74, 6) is 1.32. The lowest BCUT2D eigenvalue weighted by atomic mass is 10.1. The minimum absolute atomic E-state index is 0.0353. The highest BCUT2D eigenvalue weighted by Gasteiger charge is 2.28. The van der Waals surface area contributed by atoms with Crippen LogP contribution in [0.4, 0.5) is 15.9 Å². The zero-order valence-corrected chi connectivity index (χ0v) is 16.6. The van der Waals surface area contributed by atoms with E-state index in [0.29, 0.717) is 28.5 Å². The molecular weight excluding hydrogens is 395 g/mol. The third kappa shape index (κ3) is 4.11. The average Bonchev–Trinajstić information content (AvgIpc) is 2.69. The Balaban J connectivity index is 1.63. The van der Waals surface area contributed by atoms with Gasteiger partial charge in [0.05, 0.1) is 17.6 Å². The standard InChI is InChI=1S/C21H20ClFN4O2/c1-3-6-27-10-14(11-27)29-20-8-15-18(9-19(20)28-2)24-12-25-21(15)26-13-4-5-17(23)16(22)7-13/h3-5,7-9,12,14H,1,6,10-11H2,2H3,(H,24,25,26). The second kappa shape index (κ2) is 8.23. The molecule has 150 valence electrons. The molecule has 2 aromatic carbocycles. The molecule has 1 fully saturated rings. The molecule has 1 N–H and O–H groups in total. The maximum atomic E-state index is 13.4. The smallest absolute Gasteiger partial charge is 0.162 e. The third-order valence-corrected chi connectivity index (χ3v) is 5.00. The summed E-state index contributed by atoms with van der Waals surface area (Å²) in [6, 6.07) is 8.08. The second-order valence-electron chi connectivity index (χ2n) is 6.74. The van der Waals surface area contributed by atoms with Crippen LogP contribution in [0.15, 0.2) is 49.3 Å². The van der Waals surface area contributed by atoms with Crippen LogP contribution in [0.5, 0.6) is 11.5 Å². The molecule has 1 aliphatic rings. The van der Waals surface area contributed by atoms with E-state index in [0.717, 1.165) is 25.0 Å². The minimum atomic E-state index is -0.476. The van der Waals surface area contributed by atoms with E-state index < -0.39 is 5.82 Å². The molecule has 0 amide bonds. The number of nitrogens with zero attached hydrogens (tertiary/aromatic N) is 3. The zero-order chi connectivity index (χ0) is 20.4. The first-order valence-corrected chi connectivity index (χ1v) is 9.50. The molecule has 1 aliphatic heterocycles. The molecule has 4 rings (SSSR count). The van der Waals surface area contributed by atoms with Crippen molar-refractivity contribution in [2.24, 2.45) is 0 Å². The largest absolute Gasteiger partial charge is 0.493 e. The summed E-state index contributed by atoms with van der Waals surface area (Å²) in [7, 11) is 1.60. The lowest BCUT2D eigenvalue weighted by Gasteiger charge is -2.38. The Morgan fingerprint density at radius 3 is 2.83 bits per heavy atom. The van der Waals surface area contributed by atoms with Gasteiger partial charge in [0.25, 0.3) is 0 Å². The van der Waals surface area contributed by atoms with Gasteiger partial charge in [-0.05, 0) is 24.3 Å². The monoisotopic (exact) mass is 414 g/mol. The lowest BCUT2D eigenvalue weighted by molar-refractivity contribution is 0.0267. The van der Waals surface area contributed by atoms with Crippen molar-refractivity contribution in [1.82, 2.24) is 14.9 Å². The van der Waals surface area contributed by atoms with Crippen molar-refractivity contribution in [1.29, 1.82) is 0 Å². The molecule has 6 nitrogen and oxygen atoms in total. The van der Waals surface area contributed by atoms with Crippen molar-refractivity contribution in [3.05, 3.63) is 60.2 Å². The fraction of sp³-hybridized carbons (Fsp3) is 0.238. The van der Waals surface area contributed by atoms with Gasteiger partial charge in [0.1, 0.15) is 24.1 Å². The predicted molar refractivity (Wildman–Crippen MR) is 112 cm³/mol. The van der Waals surface area contributed by atoms with Gasteiger partial charge in [-0.3, -0.25) is 4.90 Å². The number of halogens is 2. The van der Waals surface area contributed by atoms with Crippen LogP contribution < -0.4 is 14.8 Å². The summed E-state index contributed by atoms with van der Waals surface area (Å²) < 4.78 is 25.1. The topological polar surface area (TPSA) is 59.5 Å². The Labute approximate surface area is 172 Å². The number of anilines is 2. The zero-order valence-electron chi connectivity index (χ0n) is 15.9. The van der Waals surface area contributed by atoms with Gasteiger partial charge in [-0.2, -0.15) is 0 Å². The fourth-order valence-corrected chi connectivity index (χ4v) is 3.41. The fourth-order valence-electron chi connectivity index (χ4n) is 3.23. The van der Waals surface area contributed by atoms with Crippen molar-refractivity contribution < 1.29 is 13.9 Å². The summed E-state index contributed by atoms with van der Waals surface area (Å²) in [6.07, 6.45) is 3.41. The molecule has 0 aliphatic carbocycles. The lowest BCUT2D eigenvalue weighted by Crippen LogP contribution is -2.53. The van der Waals surface area contributed by atoms with E-state index in [-0.39, 0.29) is 11.1 Å². The van der Waals surface area contributed by atoms with Gasteiger partial charge in [-0.15, -0.1) is 6.58 Å². The van der Waals surface area contributed by atoms with Crippen LogP contribution in [0.25, 0.3) is 10.9 Å². The first-order valence-electron chi connectivity index (χ1n) is 9.12. The average molecular weight is 415 g/mol. The molecular formula is C21H20ClFN4O2. The summed E-state index contributed by atoms with van der Waals surface area (Å²) >= 11 is 5.88. The number of fused-ring (bicyclic) bond motifs is 1. The van der Waals surface area contributed by atoms with Crippen LogP contribution in [0, 0.1) is 5.82 Å². The SMILES string of the molecule is C=CCN1CC(Oc2cc3c(Nc4ccc(F)c(Cl)c4)ncnc3cc2OC)C1. The Kier molecular flexibility index (Phi) is 5.51. The van der Waals surface area contributed by atoms with Crippen LogP contribution in [0.2, 0.25) is 5.02 Å². The molecule has 2 heterocycles. The third-order valence-electron chi connectivity index (χ3n) is 4.71. The summed E-state index contributed by atoms with van der Waals surface area (Å²) in [4.78, 5) is 10.9. The van der Waals surface area contributed by atoms with E-state index in [4.69, 9.17) is 21.1 Å². The van der Waals surface area contributed by atoms with Gasteiger partial charge >= 0.3 is 0 Å². The molecule has 1 saturated heterocycles. The van der Waals surface area contributed by atoms with E-state index in [1.54, 1.807) is 13.2 Å². The van der Waals surface area contributed by atoms with Crippen molar-refractivity contribution in [3.8, 4) is 11.5 Å². The summed E-state index contributed by atoms with van der Waals surface area (Å²) in [6.45, 7) is 6.26. The molecule has 3 aromatic rings. The van der Waals surface area contributed by atoms with E-state index >= 15 is 0 Å². The molecule has 0 radical (unpaired) electrons. The van der Waals surface area contributed by atoms with E-state index in [2.05, 4.69) is 26.8 Å². The van der Waals surface area contributed by atoms with Crippen LogP contribution >= 0.6 is 11.6 Å². The molecule has 0 spiro atoms. The van der Waals surface area contributed by atoms with Crippen LogP contribution in [-0.4, -0.2) is 47.7 Å². The van der Waals surface area contributed by atoms with E-state index in [1.165, 1.54) is 18.5 Å². The quantitative estimate of drug-likeness (QED) is 0.577. The normalized spacial score (nSPS) is 14.4. The Bertz CT molecular complexity index is 1060. The first kappa shape index (κ1) is 19.4. The number of rotatable bonds is 7. The van der Waals surface area contributed by atoms with Gasteiger partial charge in [0, 0.05) is 36.8 Å². The van der Waals surface area contributed by atoms with Gasteiger partial charge in [-0.1, -0.05) is 17.7 Å². The Morgan fingerprint density at radius 1 is 1.28 bits per heavy atom. The number of nitrogens with one attached hydrogen (secondary N) is 1. The number of hydrogen-bond acceptors (Lipinski definition) is 6. The van der Waals surface area contributed by atoms with Crippen LogP contribution in [0.3, 0.4) is 0 Å². The minimum Gasteiger partial charge on any atom is -0.493 e. The number of hydrogen-bond donors (Lipinski definition) is 1. The van der Waals surface area contributed by atoms with Gasteiger partial charge < -0.3 is 14.8 Å². The molecule has 0 saturated carbocycles. The first-order chi connectivity index (χ1) is 14.1. The molecule has 0 bridgehead atoms. The van der Waals surface area contributed by atoms with Crippen LogP contribution in [-0.2, 0) is 0 Å². The number of benzene rings is 2. The maximum absolute atomic E-state index is 13.4.